The zero-order valence-corrected chi connectivity index (χ0v) is 12.9. The first kappa shape index (κ1) is 14.1. The highest BCUT2D eigenvalue weighted by Crippen LogP contribution is 2.37. The lowest BCUT2D eigenvalue weighted by molar-refractivity contribution is 0.463. The quantitative estimate of drug-likeness (QED) is 0.904. The van der Waals surface area contributed by atoms with Gasteiger partial charge in [0.25, 0.3) is 0 Å². The van der Waals surface area contributed by atoms with Gasteiger partial charge in [0.05, 0.1) is 6.20 Å². The Labute approximate surface area is 125 Å². The second kappa shape index (κ2) is 5.53. The molecule has 2 N–H and O–H groups in total. The van der Waals surface area contributed by atoms with E-state index in [0.29, 0.717) is 17.8 Å². The number of nitrogens with one attached hydrogen (secondary N) is 1. The van der Waals surface area contributed by atoms with E-state index in [1.54, 1.807) is 6.07 Å². The van der Waals surface area contributed by atoms with Crippen molar-refractivity contribution in [3.8, 4) is 5.75 Å². The first-order valence-electron chi connectivity index (χ1n) is 7.67. The van der Waals surface area contributed by atoms with E-state index in [1.165, 1.54) is 11.1 Å². The van der Waals surface area contributed by atoms with Gasteiger partial charge in [0.2, 0.25) is 0 Å². The summed E-state index contributed by atoms with van der Waals surface area (Å²) in [6, 6.07) is 6.76. The van der Waals surface area contributed by atoms with E-state index in [0.717, 1.165) is 18.4 Å². The molecule has 0 aliphatic heterocycles. The summed E-state index contributed by atoms with van der Waals surface area (Å²) in [6.07, 6.45) is 6.03. The summed E-state index contributed by atoms with van der Waals surface area (Å²) in [5.74, 6) is 0.428. The molecule has 1 aromatic heterocycles. The van der Waals surface area contributed by atoms with Crippen LogP contribution in [0.2, 0.25) is 0 Å². The lowest BCUT2D eigenvalue weighted by Gasteiger charge is -2.19. The largest absolute Gasteiger partial charge is 0.508 e. The van der Waals surface area contributed by atoms with Crippen LogP contribution in [0.25, 0.3) is 0 Å². The highest BCUT2D eigenvalue weighted by Gasteiger charge is 2.26. The molecule has 0 saturated carbocycles. The van der Waals surface area contributed by atoms with Gasteiger partial charge < -0.3 is 10.4 Å². The summed E-state index contributed by atoms with van der Waals surface area (Å²) in [6.45, 7) is 6.43. The number of benzene rings is 1. The second-order valence-electron chi connectivity index (χ2n) is 6.17. The van der Waals surface area contributed by atoms with Gasteiger partial charge in [0, 0.05) is 29.9 Å². The number of aromatic nitrogens is 2. The fourth-order valence-corrected chi connectivity index (χ4v) is 3.06. The van der Waals surface area contributed by atoms with E-state index in [4.69, 9.17) is 0 Å². The third kappa shape index (κ3) is 2.68. The fraction of sp³-hybridized carbons (Fsp3) is 0.471. The number of hydrogen-bond donors (Lipinski definition) is 2. The van der Waals surface area contributed by atoms with Crippen LogP contribution in [0.5, 0.6) is 5.75 Å². The highest BCUT2D eigenvalue weighted by atomic mass is 16.3. The number of fused-ring (bicyclic) bond motifs is 1. The molecule has 112 valence electrons. The van der Waals surface area contributed by atoms with Gasteiger partial charge in [-0.3, -0.25) is 4.68 Å². The second-order valence-corrected chi connectivity index (χ2v) is 6.17. The van der Waals surface area contributed by atoms with Crippen molar-refractivity contribution in [2.45, 2.75) is 51.7 Å². The number of aromatic hydroxyl groups is 1. The van der Waals surface area contributed by atoms with Crippen molar-refractivity contribution in [1.29, 1.82) is 0 Å². The van der Waals surface area contributed by atoms with Crippen molar-refractivity contribution in [3.05, 3.63) is 47.3 Å². The minimum absolute atomic E-state index is 0.246. The van der Waals surface area contributed by atoms with E-state index in [-0.39, 0.29) is 6.04 Å². The van der Waals surface area contributed by atoms with Crippen LogP contribution in [0.1, 0.15) is 62.0 Å². The molecule has 4 heteroatoms. The molecule has 0 saturated heterocycles. The number of phenols is 1. The van der Waals surface area contributed by atoms with Crippen LogP contribution in [0.4, 0.5) is 0 Å². The predicted molar refractivity (Wildman–Crippen MR) is 83.3 cm³/mol. The minimum atomic E-state index is 0.246. The first-order chi connectivity index (χ1) is 10.1. The zero-order valence-electron chi connectivity index (χ0n) is 12.9. The summed E-state index contributed by atoms with van der Waals surface area (Å²) in [4.78, 5) is 0. The standard InChI is InChI=1S/C17H23N3O/c1-11(2)20-10-13(9-18-20)12(3)19-16-8-7-15-14(16)5-4-6-17(15)21/h4-6,9-12,16,19,21H,7-8H2,1-3H3/t12-,16+/m0/s1. The summed E-state index contributed by atoms with van der Waals surface area (Å²) in [5, 5.41) is 18.0. The number of rotatable bonds is 4. The Kier molecular flexibility index (Phi) is 3.72. The molecule has 2 atom stereocenters. The van der Waals surface area contributed by atoms with Crippen LogP contribution in [0, 0.1) is 0 Å². The molecule has 1 aliphatic rings. The van der Waals surface area contributed by atoms with Gasteiger partial charge in [-0.05, 0) is 50.8 Å². The van der Waals surface area contributed by atoms with Crippen LogP contribution < -0.4 is 5.32 Å². The zero-order chi connectivity index (χ0) is 15.0. The van der Waals surface area contributed by atoms with Crippen LogP contribution in [0.15, 0.2) is 30.6 Å². The van der Waals surface area contributed by atoms with Crippen LogP contribution in [-0.2, 0) is 6.42 Å². The third-order valence-corrected chi connectivity index (χ3v) is 4.35. The topological polar surface area (TPSA) is 50.1 Å². The first-order valence-corrected chi connectivity index (χ1v) is 7.67. The normalized spacial score (nSPS) is 19.0. The third-order valence-electron chi connectivity index (χ3n) is 4.35. The van der Waals surface area contributed by atoms with Crippen molar-refractivity contribution in [1.82, 2.24) is 15.1 Å². The summed E-state index contributed by atoms with van der Waals surface area (Å²) in [5.41, 5.74) is 3.54. The Morgan fingerprint density at radius 3 is 2.86 bits per heavy atom. The van der Waals surface area contributed by atoms with Crippen LogP contribution in [0.3, 0.4) is 0 Å². The summed E-state index contributed by atoms with van der Waals surface area (Å²) in [7, 11) is 0. The molecule has 0 bridgehead atoms. The van der Waals surface area contributed by atoms with E-state index >= 15 is 0 Å². The molecule has 0 fully saturated rings. The lowest BCUT2D eigenvalue weighted by Crippen LogP contribution is -2.22. The van der Waals surface area contributed by atoms with Crippen molar-refractivity contribution < 1.29 is 5.11 Å². The SMILES string of the molecule is CC(C)n1cc([C@H](C)N[C@@H]2CCc3c(O)cccc32)cn1. The Balaban J connectivity index is 1.74. The average molecular weight is 285 g/mol. The van der Waals surface area contributed by atoms with Gasteiger partial charge in [-0.2, -0.15) is 5.10 Å². The van der Waals surface area contributed by atoms with Crippen molar-refractivity contribution >= 4 is 0 Å². The molecule has 0 amide bonds. The van der Waals surface area contributed by atoms with Gasteiger partial charge >= 0.3 is 0 Å². The van der Waals surface area contributed by atoms with Crippen molar-refractivity contribution in [3.63, 3.8) is 0 Å². The minimum Gasteiger partial charge on any atom is -0.508 e. The lowest BCUT2D eigenvalue weighted by atomic mass is 10.1. The monoisotopic (exact) mass is 285 g/mol. The Morgan fingerprint density at radius 1 is 1.33 bits per heavy atom. The molecule has 1 heterocycles. The van der Waals surface area contributed by atoms with Gasteiger partial charge in [0.15, 0.2) is 0 Å². The Morgan fingerprint density at radius 2 is 2.14 bits per heavy atom. The molecule has 1 aromatic carbocycles. The molecular formula is C17H23N3O. The van der Waals surface area contributed by atoms with Crippen LogP contribution in [-0.4, -0.2) is 14.9 Å². The molecule has 4 nitrogen and oxygen atoms in total. The average Bonchev–Trinajstić information content (AvgIpc) is 3.07. The molecule has 0 unspecified atom stereocenters. The maximum absolute atomic E-state index is 9.92. The fourth-order valence-electron chi connectivity index (χ4n) is 3.06. The number of phenolic OH excluding ortho intramolecular Hbond substituents is 1. The molecule has 0 spiro atoms. The molecule has 2 aromatic rings. The highest BCUT2D eigenvalue weighted by molar-refractivity contribution is 5.44. The van der Waals surface area contributed by atoms with E-state index in [1.807, 2.05) is 16.9 Å². The summed E-state index contributed by atoms with van der Waals surface area (Å²) >= 11 is 0. The van der Waals surface area contributed by atoms with E-state index < -0.39 is 0 Å². The van der Waals surface area contributed by atoms with Gasteiger partial charge in [-0.25, -0.2) is 0 Å². The predicted octanol–water partition coefficient (Wildman–Crippen LogP) is 3.51. The van der Waals surface area contributed by atoms with Crippen molar-refractivity contribution in [2.24, 2.45) is 0 Å². The van der Waals surface area contributed by atoms with Gasteiger partial charge in [0.1, 0.15) is 5.75 Å². The van der Waals surface area contributed by atoms with Crippen molar-refractivity contribution in [2.75, 3.05) is 0 Å². The maximum atomic E-state index is 9.92. The molecule has 1 aliphatic carbocycles. The Hall–Kier alpha value is -1.81. The number of nitrogens with zero attached hydrogens (tertiary/aromatic N) is 2. The van der Waals surface area contributed by atoms with E-state index in [2.05, 4.69) is 43.4 Å². The molecule has 3 rings (SSSR count). The number of hydrogen-bond acceptors (Lipinski definition) is 3. The smallest absolute Gasteiger partial charge is 0.119 e. The Bertz CT molecular complexity index is 633. The molecule has 0 radical (unpaired) electrons. The van der Waals surface area contributed by atoms with Gasteiger partial charge in [-0.15, -0.1) is 0 Å². The summed E-state index contributed by atoms with van der Waals surface area (Å²) < 4.78 is 1.99. The maximum Gasteiger partial charge on any atom is 0.119 e. The molecular weight excluding hydrogens is 262 g/mol. The van der Waals surface area contributed by atoms with E-state index in [9.17, 15) is 5.11 Å². The molecule has 21 heavy (non-hydrogen) atoms. The van der Waals surface area contributed by atoms with Gasteiger partial charge in [-0.1, -0.05) is 12.1 Å². The van der Waals surface area contributed by atoms with Crippen LogP contribution >= 0.6 is 0 Å².